The minimum Gasteiger partial charge on any atom is -0.393 e. The number of aliphatic hydroxyl groups excluding tert-OH is 1. The third-order valence-electron chi connectivity index (χ3n) is 4.76. The Morgan fingerprint density at radius 2 is 2.00 bits per heavy atom. The maximum Gasteiger partial charge on any atom is 0.191 e. The van der Waals surface area contributed by atoms with E-state index >= 15 is 0 Å². The molecule has 6 heteroatoms. The number of hydrogen-bond donors (Lipinski definition) is 3. The van der Waals surface area contributed by atoms with Crippen molar-refractivity contribution in [3.05, 3.63) is 17.5 Å². The van der Waals surface area contributed by atoms with Crippen molar-refractivity contribution < 1.29 is 9.63 Å². The Balaban J connectivity index is 1.93. The summed E-state index contributed by atoms with van der Waals surface area (Å²) in [6.07, 6.45) is 5.68. The zero-order valence-electron chi connectivity index (χ0n) is 15.2. The van der Waals surface area contributed by atoms with E-state index in [0.29, 0.717) is 18.5 Å². The van der Waals surface area contributed by atoms with Gasteiger partial charge in [-0.15, -0.1) is 0 Å². The Kier molecular flexibility index (Phi) is 7.56. The van der Waals surface area contributed by atoms with Crippen LogP contribution in [-0.2, 0) is 6.54 Å². The number of aliphatic hydroxyl groups is 1. The van der Waals surface area contributed by atoms with Crippen molar-refractivity contribution in [2.24, 2.45) is 4.99 Å². The van der Waals surface area contributed by atoms with E-state index in [0.717, 1.165) is 62.5 Å². The van der Waals surface area contributed by atoms with Gasteiger partial charge in [0.25, 0.3) is 0 Å². The first-order valence-corrected chi connectivity index (χ1v) is 9.34. The highest BCUT2D eigenvalue weighted by Gasteiger charge is 2.20. The van der Waals surface area contributed by atoms with Gasteiger partial charge >= 0.3 is 0 Å². The summed E-state index contributed by atoms with van der Waals surface area (Å²) in [5.41, 5.74) is 1.03. The molecule has 24 heavy (non-hydrogen) atoms. The molecule has 1 heterocycles. The molecule has 0 saturated heterocycles. The average molecular weight is 336 g/mol. The number of rotatable bonds is 7. The Labute approximate surface area is 145 Å². The monoisotopic (exact) mass is 336 g/mol. The van der Waals surface area contributed by atoms with Crippen molar-refractivity contribution in [2.75, 3.05) is 6.54 Å². The molecule has 0 spiro atoms. The highest BCUT2D eigenvalue weighted by molar-refractivity contribution is 5.80. The molecular weight excluding hydrogens is 304 g/mol. The summed E-state index contributed by atoms with van der Waals surface area (Å²) < 4.78 is 5.44. The first-order chi connectivity index (χ1) is 11.7. The molecule has 1 aliphatic carbocycles. The van der Waals surface area contributed by atoms with Crippen molar-refractivity contribution >= 4 is 5.96 Å². The van der Waals surface area contributed by atoms with Crippen LogP contribution in [0.2, 0.25) is 0 Å². The first kappa shape index (κ1) is 18.8. The second-order valence-electron chi connectivity index (χ2n) is 6.58. The Morgan fingerprint density at radius 1 is 1.29 bits per heavy atom. The summed E-state index contributed by atoms with van der Waals surface area (Å²) in [5, 5.41) is 20.5. The molecule has 1 aromatic heterocycles. The Bertz CT molecular complexity index is 503. The van der Waals surface area contributed by atoms with Gasteiger partial charge in [-0.1, -0.05) is 19.0 Å². The highest BCUT2D eigenvalue weighted by atomic mass is 16.5. The third-order valence-corrected chi connectivity index (χ3v) is 4.76. The quantitative estimate of drug-likeness (QED) is 0.527. The topological polar surface area (TPSA) is 82.7 Å². The summed E-state index contributed by atoms with van der Waals surface area (Å²) in [5.74, 6) is 2.07. The van der Waals surface area contributed by atoms with E-state index in [-0.39, 0.29) is 6.10 Å². The van der Waals surface area contributed by atoms with Gasteiger partial charge in [0.1, 0.15) is 6.54 Å². The molecule has 3 N–H and O–H groups in total. The van der Waals surface area contributed by atoms with Crippen LogP contribution in [0.1, 0.15) is 76.7 Å². The minimum absolute atomic E-state index is 0.139. The standard InChI is InChI=1S/C18H32N4O2/c1-4-13(5-2)17-11-16(24-22-17)12-20-18(19-6-3)21-14-7-9-15(23)10-8-14/h11,13-15,23H,4-10,12H2,1-3H3,(H2,19,20,21). The van der Waals surface area contributed by atoms with Crippen LogP contribution in [0.25, 0.3) is 0 Å². The molecule has 0 atom stereocenters. The van der Waals surface area contributed by atoms with Crippen molar-refractivity contribution in [2.45, 2.75) is 83.9 Å². The number of nitrogens with zero attached hydrogens (tertiary/aromatic N) is 2. The smallest absolute Gasteiger partial charge is 0.191 e. The van der Waals surface area contributed by atoms with Crippen LogP contribution in [0, 0.1) is 0 Å². The van der Waals surface area contributed by atoms with Gasteiger partial charge in [-0.2, -0.15) is 0 Å². The van der Waals surface area contributed by atoms with E-state index in [1.54, 1.807) is 0 Å². The van der Waals surface area contributed by atoms with Crippen molar-refractivity contribution in [3.8, 4) is 0 Å². The number of nitrogens with one attached hydrogen (secondary N) is 2. The Morgan fingerprint density at radius 3 is 2.62 bits per heavy atom. The molecule has 0 aromatic carbocycles. The summed E-state index contributed by atoms with van der Waals surface area (Å²) in [6.45, 7) is 7.71. The molecule has 0 unspecified atom stereocenters. The van der Waals surface area contributed by atoms with Crippen LogP contribution < -0.4 is 10.6 Å². The van der Waals surface area contributed by atoms with Gasteiger partial charge in [0.2, 0.25) is 0 Å². The fourth-order valence-electron chi connectivity index (χ4n) is 3.19. The molecule has 0 radical (unpaired) electrons. The molecule has 1 aliphatic rings. The molecular formula is C18H32N4O2. The number of hydrogen-bond acceptors (Lipinski definition) is 4. The lowest BCUT2D eigenvalue weighted by atomic mass is 9.93. The van der Waals surface area contributed by atoms with Gasteiger partial charge in [0.15, 0.2) is 11.7 Å². The Hall–Kier alpha value is -1.56. The van der Waals surface area contributed by atoms with Crippen LogP contribution in [0.15, 0.2) is 15.6 Å². The maximum absolute atomic E-state index is 9.61. The lowest BCUT2D eigenvalue weighted by Gasteiger charge is -2.27. The third kappa shape index (κ3) is 5.51. The van der Waals surface area contributed by atoms with Gasteiger partial charge in [-0.05, 0) is 45.4 Å². The van der Waals surface area contributed by atoms with Gasteiger partial charge in [-0.3, -0.25) is 0 Å². The van der Waals surface area contributed by atoms with Crippen LogP contribution in [0.3, 0.4) is 0 Å². The van der Waals surface area contributed by atoms with Crippen LogP contribution in [0.4, 0.5) is 0 Å². The summed E-state index contributed by atoms with van der Waals surface area (Å²) in [4.78, 5) is 4.62. The zero-order chi connectivity index (χ0) is 17.4. The second-order valence-corrected chi connectivity index (χ2v) is 6.58. The largest absolute Gasteiger partial charge is 0.393 e. The summed E-state index contributed by atoms with van der Waals surface area (Å²) in [7, 11) is 0. The van der Waals surface area contributed by atoms with Gasteiger partial charge in [0, 0.05) is 24.6 Å². The highest BCUT2D eigenvalue weighted by Crippen LogP contribution is 2.22. The van der Waals surface area contributed by atoms with Crippen molar-refractivity contribution in [1.29, 1.82) is 0 Å². The summed E-state index contributed by atoms with van der Waals surface area (Å²) in [6, 6.07) is 2.41. The van der Waals surface area contributed by atoms with Gasteiger partial charge < -0.3 is 20.3 Å². The lowest BCUT2D eigenvalue weighted by Crippen LogP contribution is -2.45. The fourth-order valence-corrected chi connectivity index (χ4v) is 3.19. The number of aromatic nitrogens is 1. The normalized spacial score (nSPS) is 22.0. The molecule has 136 valence electrons. The van der Waals surface area contributed by atoms with Crippen LogP contribution >= 0.6 is 0 Å². The van der Waals surface area contributed by atoms with E-state index < -0.39 is 0 Å². The molecule has 0 amide bonds. The van der Waals surface area contributed by atoms with E-state index in [4.69, 9.17) is 4.52 Å². The first-order valence-electron chi connectivity index (χ1n) is 9.34. The zero-order valence-corrected chi connectivity index (χ0v) is 15.2. The SMILES string of the molecule is CCNC(=NCc1cc(C(CC)CC)no1)NC1CCC(O)CC1. The molecule has 1 saturated carbocycles. The molecule has 6 nitrogen and oxygen atoms in total. The van der Waals surface area contributed by atoms with E-state index in [1.165, 1.54) is 0 Å². The molecule has 0 aliphatic heterocycles. The fraction of sp³-hybridized carbons (Fsp3) is 0.778. The lowest BCUT2D eigenvalue weighted by molar-refractivity contribution is 0.120. The maximum atomic E-state index is 9.61. The average Bonchev–Trinajstić information content (AvgIpc) is 3.05. The predicted molar refractivity (Wildman–Crippen MR) is 96.0 cm³/mol. The second kappa shape index (κ2) is 9.67. The number of guanidine groups is 1. The molecule has 1 fully saturated rings. The van der Waals surface area contributed by atoms with E-state index in [1.807, 2.05) is 6.07 Å². The van der Waals surface area contributed by atoms with E-state index in [9.17, 15) is 5.11 Å². The molecule has 1 aromatic rings. The minimum atomic E-state index is -0.139. The van der Waals surface area contributed by atoms with Crippen molar-refractivity contribution in [3.63, 3.8) is 0 Å². The summed E-state index contributed by atoms with van der Waals surface area (Å²) >= 11 is 0. The predicted octanol–water partition coefficient (Wildman–Crippen LogP) is 2.94. The molecule has 2 rings (SSSR count). The van der Waals surface area contributed by atoms with Gasteiger partial charge in [-0.25, -0.2) is 4.99 Å². The molecule has 0 bridgehead atoms. The van der Waals surface area contributed by atoms with E-state index in [2.05, 4.69) is 41.6 Å². The van der Waals surface area contributed by atoms with Crippen LogP contribution in [-0.4, -0.2) is 34.9 Å². The van der Waals surface area contributed by atoms with Crippen LogP contribution in [0.5, 0.6) is 0 Å². The van der Waals surface area contributed by atoms with Crippen molar-refractivity contribution in [1.82, 2.24) is 15.8 Å². The van der Waals surface area contributed by atoms with Gasteiger partial charge in [0.05, 0.1) is 11.8 Å². The number of aliphatic imine (C=N–C) groups is 1.